The standard InChI is InChI=1S/C22H36N4O3/c1-21(2,3)28-20(27)24-7-5-4-6-17(23)18-25-19(26-29-18)22-11-14-8-15(12-22)10-16(9-14)13-22/h14-17H,4-13,23H2,1-3H3,(H,24,27)/t14?,15?,16?,17-,22?/m0/s1. The first kappa shape index (κ1) is 20.6. The lowest BCUT2D eigenvalue weighted by Gasteiger charge is -2.55. The summed E-state index contributed by atoms with van der Waals surface area (Å²) in [6.07, 6.45) is 9.99. The largest absolute Gasteiger partial charge is 0.444 e. The summed E-state index contributed by atoms with van der Waals surface area (Å²) < 4.78 is 10.8. The van der Waals surface area contributed by atoms with Crippen LogP contribution < -0.4 is 11.1 Å². The van der Waals surface area contributed by atoms with Gasteiger partial charge in [0.15, 0.2) is 5.82 Å². The van der Waals surface area contributed by atoms with E-state index in [1.54, 1.807) is 0 Å². The maximum absolute atomic E-state index is 11.7. The Morgan fingerprint density at radius 2 is 1.83 bits per heavy atom. The van der Waals surface area contributed by atoms with E-state index in [2.05, 4.69) is 10.5 Å². The molecular weight excluding hydrogens is 368 g/mol. The fourth-order valence-corrected chi connectivity index (χ4v) is 6.10. The molecule has 4 fully saturated rings. The average molecular weight is 405 g/mol. The molecule has 162 valence electrons. The summed E-state index contributed by atoms with van der Waals surface area (Å²) in [5, 5.41) is 7.17. The maximum Gasteiger partial charge on any atom is 0.407 e. The third-order valence-corrected chi connectivity index (χ3v) is 6.88. The quantitative estimate of drug-likeness (QED) is 0.659. The number of nitrogens with zero attached hydrogens (tertiary/aromatic N) is 2. The lowest BCUT2D eigenvalue weighted by molar-refractivity contribution is -0.0103. The van der Waals surface area contributed by atoms with Crippen LogP contribution >= 0.6 is 0 Å². The van der Waals surface area contributed by atoms with Crippen molar-refractivity contribution < 1.29 is 14.1 Å². The van der Waals surface area contributed by atoms with Gasteiger partial charge in [0, 0.05) is 12.0 Å². The molecule has 1 amide bonds. The number of carbonyl (C=O) groups excluding carboxylic acids is 1. The van der Waals surface area contributed by atoms with E-state index >= 15 is 0 Å². The Hall–Kier alpha value is -1.63. The highest BCUT2D eigenvalue weighted by Gasteiger charge is 2.53. The fourth-order valence-electron chi connectivity index (χ4n) is 6.10. The van der Waals surface area contributed by atoms with Crippen LogP contribution in [0, 0.1) is 17.8 Å². The Labute approximate surface area is 173 Å². The molecule has 7 heteroatoms. The van der Waals surface area contributed by atoms with Crippen molar-refractivity contribution in [3.63, 3.8) is 0 Å². The smallest absolute Gasteiger partial charge is 0.407 e. The summed E-state index contributed by atoms with van der Waals surface area (Å²) in [6.45, 7) is 6.14. The molecule has 0 aliphatic heterocycles. The van der Waals surface area contributed by atoms with Crippen LogP contribution in [-0.2, 0) is 10.2 Å². The minimum atomic E-state index is -0.473. The number of unbranched alkanes of at least 4 members (excludes halogenated alkanes) is 1. The van der Waals surface area contributed by atoms with Crippen LogP contribution in [0.4, 0.5) is 4.79 Å². The zero-order valence-electron chi connectivity index (χ0n) is 18.1. The fraction of sp³-hybridized carbons (Fsp3) is 0.864. The topological polar surface area (TPSA) is 103 Å². The van der Waals surface area contributed by atoms with Crippen molar-refractivity contribution in [1.29, 1.82) is 0 Å². The van der Waals surface area contributed by atoms with Gasteiger partial charge in [-0.05, 0) is 96.3 Å². The van der Waals surface area contributed by atoms with Crippen molar-refractivity contribution in [3.8, 4) is 0 Å². The Morgan fingerprint density at radius 3 is 2.41 bits per heavy atom. The second-order valence-corrected chi connectivity index (χ2v) is 10.7. The number of alkyl carbamates (subject to hydrolysis) is 1. The molecule has 4 saturated carbocycles. The molecule has 0 spiro atoms. The highest BCUT2D eigenvalue weighted by molar-refractivity contribution is 5.67. The molecule has 0 unspecified atom stereocenters. The van der Waals surface area contributed by atoms with E-state index in [-0.39, 0.29) is 17.6 Å². The van der Waals surface area contributed by atoms with Crippen molar-refractivity contribution in [2.45, 2.75) is 95.6 Å². The number of nitrogens with one attached hydrogen (secondary N) is 1. The van der Waals surface area contributed by atoms with Gasteiger partial charge in [-0.25, -0.2) is 4.79 Å². The van der Waals surface area contributed by atoms with Crippen molar-refractivity contribution >= 4 is 6.09 Å². The van der Waals surface area contributed by atoms with Gasteiger partial charge in [-0.2, -0.15) is 4.98 Å². The number of hydrogen-bond donors (Lipinski definition) is 2. The predicted octanol–water partition coefficient (Wildman–Crippen LogP) is 4.23. The molecule has 4 aliphatic carbocycles. The summed E-state index contributed by atoms with van der Waals surface area (Å²) in [5.74, 6) is 4.04. The van der Waals surface area contributed by atoms with E-state index in [4.69, 9.17) is 20.0 Å². The monoisotopic (exact) mass is 404 g/mol. The van der Waals surface area contributed by atoms with Gasteiger partial charge in [-0.3, -0.25) is 0 Å². The van der Waals surface area contributed by atoms with Crippen LogP contribution in [0.3, 0.4) is 0 Å². The van der Waals surface area contributed by atoms with Gasteiger partial charge < -0.3 is 20.3 Å². The lowest BCUT2D eigenvalue weighted by Crippen LogP contribution is -2.49. The Bertz CT molecular complexity index is 689. The van der Waals surface area contributed by atoms with Gasteiger partial charge in [0.25, 0.3) is 0 Å². The second kappa shape index (κ2) is 7.89. The third kappa shape index (κ3) is 4.76. The first-order valence-corrected chi connectivity index (χ1v) is 11.3. The van der Waals surface area contributed by atoms with Crippen LogP contribution in [-0.4, -0.2) is 28.4 Å². The van der Waals surface area contributed by atoms with E-state index in [0.29, 0.717) is 12.4 Å². The summed E-state index contributed by atoms with van der Waals surface area (Å²) in [4.78, 5) is 16.4. The predicted molar refractivity (Wildman–Crippen MR) is 109 cm³/mol. The van der Waals surface area contributed by atoms with Crippen LogP contribution in [0.2, 0.25) is 0 Å². The Balaban J connectivity index is 1.23. The summed E-state index contributed by atoms with van der Waals surface area (Å²) in [6, 6.07) is -0.244. The molecule has 1 aromatic rings. The molecule has 1 heterocycles. The zero-order chi connectivity index (χ0) is 20.6. The molecule has 1 aromatic heterocycles. The van der Waals surface area contributed by atoms with Crippen LogP contribution in [0.25, 0.3) is 0 Å². The summed E-state index contributed by atoms with van der Waals surface area (Å²) in [5.41, 5.74) is 5.99. The van der Waals surface area contributed by atoms with E-state index in [9.17, 15) is 4.79 Å². The molecule has 0 aromatic carbocycles. The maximum atomic E-state index is 11.7. The van der Waals surface area contributed by atoms with Crippen molar-refractivity contribution in [2.24, 2.45) is 23.5 Å². The van der Waals surface area contributed by atoms with Gasteiger partial charge in [0.1, 0.15) is 5.60 Å². The van der Waals surface area contributed by atoms with Gasteiger partial charge in [-0.15, -0.1) is 0 Å². The van der Waals surface area contributed by atoms with E-state index < -0.39 is 5.60 Å². The molecule has 29 heavy (non-hydrogen) atoms. The second-order valence-electron chi connectivity index (χ2n) is 10.7. The highest BCUT2D eigenvalue weighted by atomic mass is 16.6. The number of aromatic nitrogens is 2. The Kier molecular flexibility index (Phi) is 5.62. The minimum Gasteiger partial charge on any atom is -0.444 e. The number of nitrogens with two attached hydrogens (primary N) is 1. The summed E-state index contributed by atoms with van der Waals surface area (Å²) in [7, 11) is 0. The number of ether oxygens (including phenoxy) is 1. The molecular formula is C22H36N4O3. The van der Waals surface area contributed by atoms with Gasteiger partial charge >= 0.3 is 6.09 Å². The Morgan fingerprint density at radius 1 is 1.21 bits per heavy atom. The molecule has 5 rings (SSSR count). The zero-order valence-corrected chi connectivity index (χ0v) is 18.1. The SMILES string of the molecule is CC(C)(C)OC(=O)NCCCC[C@H](N)c1nc(C23CC4CC(CC(C4)C2)C3)no1. The first-order valence-electron chi connectivity index (χ1n) is 11.3. The molecule has 4 aliphatic rings. The molecule has 4 bridgehead atoms. The van der Waals surface area contributed by atoms with Crippen molar-refractivity contribution in [1.82, 2.24) is 15.5 Å². The van der Waals surface area contributed by atoms with E-state index in [1.807, 2.05) is 20.8 Å². The van der Waals surface area contributed by atoms with E-state index in [1.165, 1.54) is 38.5 Å². The van der Waals surface area contributed by atoms with Crippen molar-refractivity contribution in [3.05, 3.63) is 11.7 Å². The number of carbonyl (C=O) groups is 1. The average Bonchev–Trinajstić information content (AvgIpc) is 3.09. The lowest BCUT2D eigenvalue weighted by atomic mass is 9.49. The van der Waals surface area contributed by atoms with Crippen molar-refractivity contribution in [2.75, 3.05) is 6.54 Å². The first-order chi connectivity index (χ1) is 13.7. The minimum absolute atomic E-state index is 0.146. The number of rotatable bonds is 7. The molecule has 7 nitrogen and oxygen atoms in total. The molecule has 1 atom stereocenters. The van der Waals surface area contributed by atoms with Crippen LogP contribution in [0.1, 0.15) is 96.3 Å². The number of amides is 1. The van der Waals surface area contributed by atoms with Crippen LogP contribution in [0.5, 0.6) is 0 Å². The number of hydrogen-bond acceptors (Lipinski definition) is 6. The normalized spacial score (nSPS) is 31.7. The molecule has 0 radical (unpaired) electrons. The van der Waals surface area contributed by atoms with Gasteiger partial charge in [0.05, 0.1) is 6.04 Å². The molecule has 0 saturated heterocycles. The highest BCUT2D eigenvalue weighted by Crippen LogP contribution is 2.60. The molecule has 3 N–H and O–H groups in total. The van der Waals surface area contributed by atoms with E-state index in [0.717, 1.165) is 42.8 Å². The third-order valence-electron chi connectivity index (χ3n) is 6.88. The van der Waals surface area contributed by atoms with Gasteiger partial charge in [-0.1, -0.05) is 5.16 Å². The summed E-state index contributed by atoms with van der Waals surface area (Å²) >= 11 is 0. The van der Waals surface area contributed by atoms with Crippen LogP contribution in [0.15, 0.2) is 4.52 Å². The van der Waals surface area contributed by atoms with Gasteiger partial charge in [0.2, 0.25) is 5.89 Å².